The van der Waals surface area contributed by atoms with Crippen molar-refractivity contribution >= 4 is 39.6 Å². The number of likely N-dealkylation sites (tertiary alicyclic amines) is 1. The molecule has 1 unspecified atom stereocenters. The van der Waals surface area contributed by atoms with Gasteiger partial charge in [0.25, 0.3) is 5.91 Å². The van der Waals surface area contributed by atoms with Crippen molar-refractivity contribution in [1.82, 2.24) is 30.5 Å². The minimum absolute atomic E-state index is 0.00759. The van der Waals surface area contributed by atoms with E-state index in [4.69, 9.17) is 6.42 Å². The van der Waals surface area contributed by atoms with Crippen molar-refractivity contribution in [1.29, 1.82) is 0 Å². The second-order valence-electron chi connectivity index (χ2n) is 16.5. The number of carbonyl (C=O) groups excluding carboxylic acids is 5. The first-order valence-corrected chi connectivity index (χ1v) is 19.9. The number of sulfonamides is 1. The summed E-state index contributed by atoms with van der Waals surface area (Å²) >= 11 is 0. The number of ketones is 1. The maximum atomic E-state index is 14.5. The van der Waals surface area contributed by atoms with Gasteiger partial charge in [-0.05, 0) is 41.1 Å². The van der Waals surface area contributed by atoms with E-state index in [0.29, 0.717) is 18.4 Å². The lowest BCUT2D eigenvalue weighted by Crippen LogP contribution is -2.64. The molecular formula is C39H56N6O7S. The van der Waals surface area contributed by atoms with Crippen molar-refractivity contribution in [2.75, 3.05) is 26.7 Å². The Morgan fingerprint density at radius 1 is 1.08 bits per heavy atom. The van der Waals surface area contributed by atoms with Gasteiger partial charge in [-0.25, -0.2) is 17.5 Å². The van der Waals surface area contributed by atoms with Gasteiger partial charge in [-0.15, -0.1) is 18.9 Å². The number of fused-ring (bicyclic) bond motifs is 1. The van der Waals surface area contributed by atoms with E-state index in [0.717, 1.165) is 19.3 Å². The van der Waals surface area contributed by atoms with Gasteiger partial charge in [0.05, 0.1) is 11.3 Å². The summed E-state index contributed by atoms with van der Waals surface area (Å²) in [6.07, 6.45) is 10.4. The van der Waals surface area contributed by atoms with Crippen LogP contribution in [0.1, 0.15) is 78.7 Å². The summed E-state index contributed by atoms with van der Waals surface area (Å²) < 4.78 is 28.1. The molecule has 2 saturated carbocycles. The van der Waals surface area contributed by atoms with Crippen LogP contribution >= 0.6 is 0 Å². The molecule has 1 saturated heterocycles. The number of Topliss-reactive ketones (excluding diaryl/α,β-unsaturated/α-hetero) is 1. The Morgan fingerprint density at radius 2 is 1.72 bits per heavy atom. The van der Waals surface area contributed by atoms with Gasteiger partial charge < -0.3 is 26.2 Å². The Balaban J connectivity index is 1.52. The van der Waals surface area contributed by atoms with Gasteiger partial charge in [0.15, 0.2) is 0 Å². The number of rotatable bonds is 15. The topological polar surface area (TPSA) is 174 Å². The summed E-state index contributed by atoms with van der Waals surface area (Å²) in [6.45, 7) is 13.4. The molecule has 3 aliphatic rings. The molecule has 1 aliphatic heterocycles. The molecule has 14 heteroatoms. The maximum Gasteiger partial charge on any atom is 0.315 e. The lowest BCUT2D eigenvalue weighted by molar-refractivity contribution is -0.145. The van der Waals surface area contributed by atoms with E-state index < -0.39 is 68.6 Å². The van der Waals surface area contributed by atoms with Gasteiger partial charge in [-0.3, -0.25) is 19.2 Å². The number of nitrogens with zero attached hydrogens (tertiary/aromatic N) is 2. The molecule has 290 valence electrons. The van der Waals surface area contributed by atoms with E-state index in [1.165, 1.54) is 22.3 Å². The summed E-state index contributed by atoms with van der Waals surface area (Å²) in [6, 6.07) is 4.99. The highest BCUT2D eigenvalue weighted by atomic mass is 32.2. The molecule has 1 heterocycles. The summed E-state index contributed by atoms with van der Waals surface area (Å²) in [5.74, 6) is -0.894. The molecule has 3 fully saturated rings. The molecule has 13 nitrogen and oxygen atoms in total. The van der Waals surface area contributed by atoms with Crippen LogP contribution < -0.4 is 21.3 Å². The average Bonchev–Trinajstić information content (AvgIpc) is 3.39. The molecule has 5 atom stereocenters. The first-order chi connectivity index (χ1) is 24.8. The molecule has 4 N–H and O–H groups in total. The predicted octanol–water partition coefficient (Wildman–Crippen LogP) is 2.73. The van der Waals surface area contributed by atoms with E-state index in [-0.39, 0.29) is 49.1 Å². The number of hydrogen-bond acceptors (Lipinski definition) is 7. The lowest BCUT2D eigenvalue weighted by atomic mass is 9.81. The Kier molecular flexibility index (Phi) is 12.9. The van der Waals surface area contributed by atoms with Gasteiger partial charge in [-0.2, -0.15) is 0 Å². The van der Waals surface area contributed by atoms with Crippen molar-refractivity contribution in [3.05, 3.63) is 48.6 Å². The first kappa shape index (κ1) is 41.5. The molecule has 0 spiro atoms. The standard InChI is InChI=1S/C39H56N6O7S/c1-9-17-28(31(46)34(48)40-22-10-2)41-33(47)30-29-27(38(29,6)7)23-45(30)35(49)32(37(3,4)5)42-36(50)43-39(20-15-12-16-21-39)25-44(8)53(51,52)24-26-18-13-11-14-19-26/h1,10-11,13-14,18-19,27-30,32H,2,12,15-17,20-25H2,3-8H3,(H,40,48)(H,41,47)(H2,42,43,50)/t27-,28?,29-,30-,32+/m0/s1. The van der Waals surface area contributed by atoms with Crippen molar-refractivity contribution < 1.29 is 32.4 Å². The van der Waals surface area contributed by atoms with Crippen LogP contribution in [-0.4, -0.2) is 97.5 Å². The van der Waals surface area contributed by atoms with Crippen LogP contribution in [0.15, 0.2) is 43.0 Å². The number of benzene rings is 1. The number of nitrogens with one attached hydrogen (secondary N) is 4. The van der Waals surface area contributed by atoms with E-state index >= 15 is 0 Å². The molecular weight excluding hydrogens is 697 g/mol. The lowest BCUT2D eigenvalue weighted by Gasteiger charge is -2.42. The summed E-state index contributed by atoms with van der Waals surface area (Å²) in [5.41, 5.74) is -1.24. The third kappa shape index (κ3) is 9.67. The fraction of sp³-hybridized carbons (Fsp3) is 0.615. The highest BCUT2D eigenvalue weighted by molar-refractivity contribution is 7.88. The molecule has 0 bridgehead atoms. The summed E-state index contributed by atoms with van der Waals surface area (Å²) in [5, 5.41) is 11.0. The van der Waals surface area contributed by atoms with E-state index in [1.54, 1.807) is 24.3 Å². The van der Waals surface area contributed by atoms with Crippen LogP contribution in [-0.2, 0) is 35.0 Å². The van der Waals surface area contributed by atoms with Crippen molar-refractivity contribution in [3.63, 3.8) is 0 Å². The van der Waals surface area contributed by atoms with E-state index in [1.807, 2.05) is 40.7 Å². The monoisotopic (exact) mass is 752 g/mol. The van der Waals surface area contributed by atoms with Crippen LogP contribution in [0.4, 0.5) is 4.79 Å². The quantitative estimate of drug-likeness (QED) is 0.121. The van der Waals surface area contributed by atoms with E-state index in [2.05, 4.69) is 33.8 Å². The fourth-order valence-electron chi connectivity index (χ4n) is 8.00. The molecule has 0 aromatic heterocycles. The molecule has 1 aromatic rings. The molecule has 1 aromatic carbocycles. The second-order valence-corrected chi connectivity index (χ2v) is 18.5. The fourth-order valence-corrected chi connectivity index (χ4v) is 9.28. The molecule has 4 rings (SSSR count). The minimum atomic E-state index is -3.70. The van der Waals surface area contributed by atoms with Gasteiger partial charge in [-0.1, -0.05) is 90.3 Å². The van der Waals surface area contributed by atoms with Crippen LogP contribution in [0.25, 0.3) is 0 Å². The second kappa shape index (κ2) is 16.4. The molecule has 5 amide bonds. The van der Waals surface area contributed by atoms with Crippen LogP contribution in [0, 0.1) is 35.0 Å². The third-order valence-electron chi connectivity index (χ3n) is 11.1. The Bertz CT molecular complexity index is 1710. The number of terminal acetylenes is 1. The van der Waals surface area contributed by atoms with Crippen molar-refractivity contribution in [2.45, 2.75) is 103 Å². The summed E-state index contributed by atoms with van der Waals surface area (Å²) in [4.78, 5) is 69.2. The van der Waals surface area contributed by atoms with Crippen molar-refractivity contribution in [3.8, 4) is 12.3 Å². The number of urea groups is 1. The molecule has 0 radical (unpaired) electrons. The third-order valence-corrected chi connectivity index (χ3v) is 12.9. The maximum absolute atomic E-state index is 14.5. The Labute approximate surface area is 314 Å². The predicted molar refractivity (Wildman–Crippen MR) is 202 cm³/mol. The number of likely N-dealkylation sites (N-methyl/N-ethyl adjacent to an activating group) is 1. The summed E-state index contributed by atoms with van der Waals surface area (Å²) in [7, 11) is -2.18. The Morgan fingerprint density at radius 3 is 2.30 bits per heavy atom. The first-order valence-electron chi connectivity index (χ1n) is 18.3. The van der Waals surface area contributed by atoms with Crippen LogP contribution in [0.5, 0.6) is 0 Å². The molecule has 2 aliphatic carbocycles. The largest absolute Gasteiger partial charge is 0.346 e. The Hall–Kier alpha value is -4.22. The van der Waals surface area contributed by atoms with Gasteiger partial charge >= 0.3 is 6.03 Å². The SMILES string of the molecule is C#CCC(NC(=O)[C@@H]1[C@@H]2[C@H](CN1C(=O)[C@@H](NC(=O)NC1(CN(C)S(=O)(=O)Cc3ccccc3)CCCCC1)C(C)(C)C)C2(C)C)C(=O)C(=O)NCC=C. The highest BCUT2D eigenvalue weighted by Gasteiger charge is 2.70. The number of carbonyl (C=O) groups is 5. The minimum Gasteiger partial charge on any atom is -0.346 e. The van der Waals surface area contributed by atoms with Crippen LogP contribution in [0.2, 0.25) is 0 Å². The van der Waals surface area contributed by atoms with Gasteiger partial charge in [0.1, 0.15) is 18.1 Å². The van der Waals surface area contributed by atoms with Gasteiger partial charge in [0.2, 0.25) is 27.6 Å². The highest BCUT2D eigenvalue weighted by Crippen LogP contribution is 2.65. The molecule has 53 heavy (non-hydrogen) atoms. The zero-order valence-electron chi connectivity index (χ0n) is 31.9. The zero-order chi connectivity index (χ0) is 39.4. The smallest absolute Gasteiger partial charge is 0.315 e. The number of hydrogen-bond donors (Lipinski definition) is 4. The zero-order valence-corrected chi connectivity index (χ0v) is 32.7. The van der Waals surface area contributed by atoms with E-state index in [9.17, 15) is 32.4 Å². The number of piperidine rings is 1. The van der Waals surface area contributed by atoms with Crippen molar-refractivity contribution in [2.24, 2.45) is 22.7 Å². The average molecular weight is 753 g/mol. The normalized spacial score (nSPS) is 22.7. The number of amides is 5. The van der Waals surface area contributed by atoms with Gasteiger partial charge in [0, 0.05) is 33.1 Å². The van der Waals surface area contributed by atoms with Crippen LogP contribution in [0.3, 0.4) is 0 Å².